The van der Waals surface area contributed by atoms with Crippen molar-refractivity contribution in [2.45, 2.75) is 13.3 Å². The van der Waals surface area contributed by atoms with Gasteiger partial charge in [-0.15, -0.1) is 0 Å². The van der Waals surface area contributed by atoms with Gasteiger partial charge in [-0.05, 0) is 25.1 Å². The Kier molecular flexibility index (Phi) is 6.41. The molecule has 2 amide bonds. The monoisotopic (exact) mass is 276 g/mol. The molecule has 0 aliphatic rings. The van der Waals surface area contributed by atoms with Crippen LogP contribution in [0.5, 0.6) is 5.75 Å². The summed E-state index contributed by atoms with van der Waals surface area (Å²) < 4.78 is 5.22. The van der Waals surface area contributed by atoms with Gasteiger partial charge in [-0.3, -0.25) is 0 Å². The number of nitrogens with one attached hydrogen (secondary N) is 1. The molecule has 1 rings (SSSR count). The number of aliphatic hydroxyl groups excluding tert-OH is 1. The van der Waals surface area contributed by atoms with Crippen molar-refractivity contribution >= 4 is 11.7 Å². The Morgan fingerprint density at radius 1 is 1.50 bits per heavy atom. The van der Waals surface area contributed by atoms with Gasteiger partial charge in [-0.25, -0.2) is 4.79 Å². The van der Waals surface area contributed by atoms with E-state index in [1.165, 1.54) is 0 Å². The third-order valence-electron chi connectivity index (χ3n) is 2.73. The molecule has 0 saturated heterocycles. The molecule has 0 heterocycles. The van der Waals surface area contributed by atoms with Crippen molar-refractivity contribution in [3.8, 4) is 17.6 Å². The Bertz CT molecular complexity index is 518. The lowest BCUT2D eigenvalue weighted by Crippen LogP contribution is -2.31. The zero-order valence-electron chi connectivity index (χ0n) is 12.1. The van der Waals surface area contributed by atoms with E-state index in [1.807, 2.05) is 13.0 Å². The van der Waals surface area contributed by atoms with E-state index in [0.717, 1.165) is 5.56 Å². The second kappa shape index (κ2) is 8.08. The highest BCUT2D eigenvalue weighted by Gasteiger charge is 2.10. The number of ether oxygens (including phenoxy) is 1. The minimum Gasteiger partial charge on any atom is -0.495 e. The zero-order valence-corrected chi connectivity index (χ0v) is 12.1. The van der Waals surface area contributed by atoms with Crippen LogP contribution in [-0.2, 0) is 0 Å². The number of carbonyl (C=O) groups is 1. The van der Waals surface area contributed by atoms with Crippen molar-refractivity contribution in [3.05, 3.63) is 23.8 Å². The number of anilines is 1. The molecule has 1 aromatic carbocycles. The van der Waals surface area contributed by atoms with E-state index in [-0.39, 0.29) is 12.6 Å². The number of hydrogen-bond donors (Lipinski definition) is 2. The molecule has 0 aliphatic carbocycles. The van der Waals surface area contributed by atoms with Crippen molar-refractivity contribution in [1.29, 1.82) is 0 Å². The minimum atomic E-state index is -0.203. The largest absolute Gasteiger partial charge is 0.495 e. The summed E-state index contributed by atoms with van der Waals surface area (Å²) in [5.41, 5.74) is 1.34. The SMILES string of the molecule is CCN(C)C(=O)Nc1cc(C#CCCO)ccc1OC. The molecule has 2 N–H and O–H groups in total. The van der Waals surface area contributed by atoms with Crippen molar-refractivity contribution in [2.24, 2.45) is 0 Å². The van der Waals surface area contributed by atoms with Crippen LogP contribution in [0.4, 0.5) is 10.5 Å². The van der Waals surface area contributed by atoms with Gasteiger partial charge in [0, 0.05) is 25.6 Å². The number of benzene rings is 1. The molecule has 5 heteroatoms. The van der Waals surface area contributed by atoms with Crippen LogP contribution >= 0.6 is 0 Å². The fourth-order valence-corrected chi connectivity index (χ4v) is 1.46. The lowest BCUT2D eigenvalue weighted by Gasteiger charge is -2.17. The number of carbonyl (C=O) groups excluding carboxylic acids is 1. The third-order valence-corrected chi connectivity index (χ3v) is 2.73. The van der Waals surface area contributed by atoms with E-state index in [2.05, 4.69) is 17.2 Å². The summed E-state index contributed by atoms with van der Waals surface area (Å²) in [7, 11) is 3.26. The molecule has 0 saturated carbocycles. The first-order valence-electron chi connectivity index (χ1n) is 6.42. The average Bonchev–Trinajstić information content (AvgIpc) is 2.47. The molecule has 0 atom stereocenters. The van der Waals surface area contributed by atoms with Gasteiger partial charge in [0.15, 0.2) is 0 Å². The molecular formula is C15H20N2O3. The molecule has 0 unspecified atom stereocenters. The Morgan fingerprint density at radius 3 is 2.85 bits per heavy atom. The predicted octanol–water partition coefficient (Wildman–Crippen LogP) is 1.91. The van der Waals surface area contributed by atoms with Crippen LogP contribution in [0.15, 0.2) is 18.2 Å². The molecule has 0 aliphatic heterocycles. The van der Waals surface area contributed by atoms with Crippen molar-refractivity contribution in [2.75, 3.05) is 32.6 Å². The summed E-state index contributed by atoms with van der Waals surface area (Å²) in [6.45, 7) is 2.55. The average molecular weight is 276 g/mol. The van der Waals surface area contributed by atoms with Crippen LogP contribution in [0.25, 0.3) is 0 Å². The number of amides is 2. The minimum absolute atomic E-state index is 0.0358. The summed E-state index contributed by atoms with van der Waals surface area (Å²) in [5, 5.41) is 11.5. The highest BCUT2D eigenvalue weighted by Crippen LogP contribution is 2.25. The highest BCUT2D eigenvalue weighted by molar-refractivity contribution is 5.91. The maximum absolute atomic E-state index is 11.9. The topological polar surface area (TPSA) is 61.8 Å². The molecule has 20 heavy (non-hydrogen) atoms. The van der Waals surface area contributed by atoms with Crippen LogP contribution in [-0.4, -0.2) is 43.3 Å². The van der Waals surface area contributed by atoms with E-state index in [0.29, 0.717) is 24.4 Å². The quantitative estimate of drug-likeness (QED) is 0.826. The number of rotatable bonds is 4. The van der Waals surface area contributed by atoms with Gasteiger partial charge in [0.05, 0.1) is 19.4 Å². The van der Waals surface area contributed by atoms with Crippen LogP contribution < -0.4 is 10.1 Å². The molecule has 5 nitrogen and oxygen atoms in total. The van der Waals surface area contributed by atoms with Crippen molar-refractivity contribution < 1.29 is 14.6 Å². The van der Waals surface area contributed by atoms with E-state index in [9.17, 15) is 4.79 Å². The summed E-state index contributed by atoms with van der Waals surface area (Å²) >= 11 is 0. The van der Waals surface area contributed by atoms with E-state index >= 15 is 0 Å². The molecule has 0 radical (unpaired) electrons. The number of aliphatic hydroxyl groups is 1. The molecule has 108 valence electrons. The molecular weight excluding hydrogens is 256 g/mol. The first-order valence-corrected chi connectivity index (χ1v) is 6.42. The van der Waals surface area contributed by atoms with Crippen molar-refractivity contribution in [3.63, 3.8) is 0 Å². The van der Waals surface area contributed by atoms with Gasteiger partial charge in [0.1, 0.15) is 5.75 Å². The van der Waals surface area contributed by atoms with Gasteiger partial charge in [0.25, 0.3) is 0 Å². The maximum Gasteiger partial charge on any atom is 0.321 e. The standard InChI is InChI=1S/C15H20N2O3/c1-4-17(2)15(19)16-13-11-12(7-5-6-10-18)8-9-14(13)20-3/h8-9,11,18H,4,6,10H2,1-3H3,(H,16,19). The number of methoxy groups -OCH3 is 1. The first-order chi connectivity index (χ1) is 9.62. The van der Waals surface area contributed by atoms with Crippen LogP contribution in [0, 0.1) is 11.8 Å². The Balaban J connectivity index is 2.95. The lowest BCUT2D eigenvalue weighted by molar-refractivity contribution is 0.224. The van der Waals surface area contributed by atoms with Crippen LogP contribution in [0.2, 0.25) is 0 Å². The molecule has 0 aromatic heterocycles. The van der Waals surface area contributed by atoms with Gasteiger partial charge < -0.3 is 20.1 Å². The van der Waals surface area contributed by atoms with Crippen LogP contribution in [0.3, 0.4) is 0 Å². The van der Waals surface area contributed by atoms with Gasteiger partial charge in [-0.1, -0.05) is 11.8 Å². The van der Waals surface area contributed by atoms with E-state index < -0.39 is 0 Å². The third kappa shape index (κ3) is 4.48. The first kappa shape index (κ1) is 15.9. The summed E-state index contributed by atoms with van der Waals surface area (Å²) in [5.74, 6) is 6.34. The molecule has 0 fully saturated rings. The molecule has 0 bridgehead atoms. The van der Waals surface area contributed by atoms with E-state index in [1.54, 1.807) is 31.2 Å². The number of hydrogen-bond acceptors (Lipinski definition) is 3. The van der Waals surface area contributed by atoms with E-state index in [4.69, 9.17) is 9.84 Å². The smallest absolute Gasteiger partial charge is 0.321 e. The number of urea groups is 1. The normalized spacial score (nSPS) is 9.40. The zero-order chi connectivity index (χ0) is 15.0. The van der Waals surface area contributed by atoms with Crippen molar-refractivity contribution in [1.82, 2.24) is 4.90 Å². The second-order valence-electron chi connectivity index (χ2n) is 4.13. The summed E-state index contributed by atoms with van der Waals surface area (Å²) in [6.07, 6.45) is 0.423. The van der Waals surface area contributed by atoms with Gasteiger partial charge in [-0.2, -0.15) is 0 Å². The fourth-order valence-electron chi connectivity index (χ4n) is 1.46. The Hall–Kier alpha value is -2.19. The van der Waals surface area contributed by atoms with Gasteiger partial charge >= 0.3 is 6.03 Å². The lowest BCUT2D eigenvalue weighted by atomic mass is 10.2. The fraction of sp³-hybridized carbons (Fsp3) is 0.400. The van der Waals surface area contributed by atoms with Gasteiger partial charge in [0.2, 0.25) is 0 Å². The summed E-state index contributed by atoms with van der Waals surface area (Å²) in [4.78, 5) is 13.4. The maximum atomic E-state index is 11.9. The predicted molar refractivity (Wildman–Crippen MR) is 78.9 cm³/mol. The second-order valence-corrected chi connectivity index (χ2v) is 4.13. The summed E-state index contributed by atoms with van der Waals surface area (Å²) in [6, 6.07) is 5.11. The Morgan fingerprint density at radius 2 is 2.25 bits per heavy atom. The Labute approximate surface area is 119 Å². The highest BCUT2D eigenvalue weighted by atomic mass is 16.5. The molecule has 0 spiro atoms. The van der Waals surface area contributed by atoms with Crippen LogP contribution in [0.1, 0.15) is 18.9 Å². The number of nitrogens with zero attached hydrogens (tertiary/aromatic N) is 1. The molecule has 1 aromatic rings.